The molecular formula is C15H12FNO3S. The smallest absolute Gasteiger partial charge is 0.200 e. The van der Waals surface area contributed by atoms with Crippen molar-refractivity contribution in [3.63, 3.8) is 0 Å². The molecular weight excluding hydrogens is 293 g/mol. The first-order valence-electron chi connectivity index (χ1n) is 6.20. The van der Waals surface area contributed by atoms with Gasteiger partial charge in [-0.3, -0.25) is 0 Å². The van der Waals surface area contributed by atoms with Gasteiger partial charge in [0.25, 0.3) is 0 Å². The van der Waals surface area contributed by atoms with Crippen LogP contribution in [0.25, 0.3) is 5.57 Å². The lowest BCUT2D eigenvalue weighted by atomic mass is 10.1. The minimum absolute atomic E-state index is 0.0413. The molecule has 6 heteroatoms. The molecule has 1 heterocycles. The number of benzene rings is 2. The first-order chi connectivity index (χ1) is 9.95. The molecule has 0 unspecified atom stereocenters. The highest BCUT2D eigenvalue weighted by atomic mass is 32.2. The van der Waals surface area contributed by atoms with Crippen LogP contribution >= 0.6 is 0 Å². The van der Waals surface area contributed by atoms with Crippen LogP contribution in [0.4, 0.5) is 10.1 Å². The van der Waals surface area contributed by atoms with Gasteiger partial charge in [-0.2, -0.15) is 0 Å². The van der Waals surface area contributed by atoms with Gasteiger partial charge in [-0.1, -0.05) is 12.1 Å². The summed E-state index contributed by atoms with van der Waals surface area (Å²) in [6.45, 7) is 0.0413. The number of rotatable bonds is 3. The molecule has 3 rings (SSSR count). The van der Waals surface area contributed by atoms with Gasteiger partial charge in [0.15, 0.2) is 0 Å². The molecule has 0 saturated heterocycles. The summed E-state index contributed by atoms with van der Waals surface area (Å²) >= 11 is 0. The number of nitrogens with two attached hydrogens (primary N) is 1. The molecule has 2 N–H and O–H groups in total. The highest BCUT2D eigenvalue weighted by Crippen LogP contribution is 2.34. The van der Waals surface area contributed by atoms with Crippen LogP contribution in [0, 0.1) is 5.82 Å². The standard InChI is InChI=1S/C15H12FNO3S/c16-11-2-1-3-13(6-11)20-8-10-9-21(18,19)15-7-12(17)4-5-14(10)15/h1-7,9H,8,17H2. The highest BCUT2D eigenvalue weighted by molar-refractivity contribution is 7.95. The molecule has 1 aliphatic heterocycles. The number of fused-ring (bicyclic) bond motifs is 1. The van der Waals surface area contributed by atoms with Gasteiger partial charge in [-0.25, -0.2) is 12.8 Å². The van der Waals surface area contributed by atoms with E-state index in [0.717, 1.165) is 5.41 Å². The summed E-state index contributed by atoms with van der Waals surface area (Å²) in [6, 6.07) is 10.4. The fourth-order valence-corrected chi connectivity index (χ4v) is 3.69. The predicted octanol–water partition coefficient (Wildman–Crippen LogP) is 2.62. The van der Waals surface area contributed by atoms with Crippen molar-refractivity contribution in [3.8, 4) is 5.75 Å². The van der Waals surface area contributed by atoms with Gasteiger partial charge >= 0.3 is 0 Å². The summed E-state index contributed by atoms with van der Waals surface area (Å²) in [6.07, 6.45) is 0. The summed E-state index contributed by atoms with van der Waals surface area (Å²) in [5.74, 6) is -0.0640. The summed E-state index contributed by atoms with van der Waals surface area (Å²) in [5, 5.41) is 1.16. The lowest BCUT2D eigenvalue weighted by Crippen LogP contribution is -2.00. The largest absolute Gasteiger partial charge is 0.489 e. The van der Waals surface area contributed by atoms with Crippen molar-refractivity contribution in [2.75, 3.05) is 12.3 Å². The van der Waals surface area contributed by atoms with Gasteiger partial charge in [0.1, 0.15) is 18.2 Å². The second-order valence-electron chi connectivity index (χ2n) is 4.69. The van der Waals surface area contributed by atoms with E-state index in [1.54, 1.807) is 18.2 Å². The molecule has 0 atom stereocenters. The molecule has 1 aliphatic rings. The molecule has 4 nitrogen and oxygen atoms in total. The van der Waals surface area contributed by atoms with E-state index in [-0.39, 0.29) is 11.5 Å². The summed E-state index contributed by atoms with van der Waals surface area (Å²) < 4.78 is 42.6. The third kappa shape index (κ3) is 2.62. The molecule has 0 aromatic heterocycles. The van der Waals surface area contributed by atoms with Gasteiger partial charge < -0.3 is 10.5 Å². The van der Waals surface area contributed by atoms with Crippen molar-refractivity contribution >= 4 is 21.1 Å². The monoisotopic (exact) mass is 305 g/mol. The molecule has 0 aliphatic carbocycles. The van der Waals surface area contributed by atoms with Crippen LogP contribution in [0.1, 0.15) is 5.56 Å². The first-order valence-corrected chi connectivity index (χ1v) is 7.74. The van der Waals surface area contributed by atoms with Crippen LogP contribution in [0.3, 0.4) is 0 Å². The predicted molar refractivity (Wildman–Crippen MR) is 77.9 cm³/mol. The van der Waals surface area contributed by atoms with E-state index in [9.17, 15) is 12.8 Å². The summed E-state index contributed by atoms with van der Waals surface area (Å²) in [4.78, 5) is 0.181. The molecule has 0 fully saturated rings. The molecule has 0 spiro atoms. The zero-order valence-corrected chi connectivity index (χ0v) is 11.7. The Labute approximate surface area is 121 Å². The molecule has 0 saturated carbocycles. The van der Waals surface area contributed by atoms with E-state index in [4.69, 9.17) is 10.5 Å². The first kappa shape index (κ1) is 13.6. The number of nitrogen functional groups attached to an aromatic ring is 1. The normalized spacial score (nSPS) is 15.4. The Bertz CT molecular complexity index is 844. The van der Waals surface area contributed by atoms with Gasteiger partial charge in [0, 0.05) is 28.3 Å². The molecule has 0 amide bonds. The Balaban J connectivity index is 1.88. The van der Waals surface area contributed by atoms with Gasteiger partial charge in [-0.15, -0.1) is 0 Å². The fourth-order valence-electron chi connectivity index (χ4n) is 2.18. The number of hydrogen-bond acceptors (Lipinski definition) is 4. The molecule has 2 aromatic rings. The maximum Gasteiger partial charge on any atom is 0.200 e. The van der Waals surface area contributed by atoms with E-state index >= 15 is 0 Å². The zero-order chi connectivity index (χ0) is 15.0. The average molecular weight is 305 g/mol. The molecule has 2 aromatic carbocycles. The quantitative estimate of drug-likeness (QED) is 0.885. The second-order valence-corrected chi connectivity index (χ2v) is 6.46. The minimum atomic E-state index is -3.49. The SMILES string of the molecule is Nc1ccc2c(c1)S(=O)(=O)C=C2COc1cccc(F)c1. The molecule has 0 radical (unpaired) electrons. The Morgan fingerprint density at radius 3 is 2.71 bits per heavy atom. The Morgan fingerprint density at radius 2 is 1.95 bits per heavy atom. The third-order valence-electron chi connectivity index (χ3n) is 3.15. The van der Waals surface area contributed by atoms with Crippen LogP contribution in [0.2, 0.25) is 0 Å². The molecule has 0 bridgehead atoms. The van der Waals surface area contributed by atoms with E-state index in [2.05, 4.69) is 0 Å². The third-order valence-corrected chi connectivity index (χ3v) is 4.69. The van der Waals surface area contributed by atoms with Gasteiger partial charge in [0.05, 0.1) is 4.90 Å². The van der Waals surface area contributed by atoms with Crippen molar-refractivity contribution in [3.05, 3.63) is 59.3 Å². The highest BCUT2D eigenvalue weighted by Gasteiger charge is 2.27. The number of sulfone groups is 1. The maximum absolute atomic E-state index is 13.1. The van der Waals surface area contributed by atoms with E-state index in [1.165, 1.54) is 24.3 Å². The van der Waals surface area contributed by atoms with Crippen LogP contribution in [0.5, 0.6) is 5.75 Å². The lowest BCUT2D eigenvalue weighted by Gasteiger charge is -2.08. The van der Waals surface area contributed by atoms with Crippen molar-refractivity contribution in [1.82, 2.24) is 0 Å². The Kier molecular flexibility index (Phi) is 3.17. The fraction of sp³-hybridized carbons (Fsp3) is 0.0667. The zero-order valence-electron chi connectivity index (χ0n) is 10.9. The Hall–Kier alpha value is -2.34. The van der Waals surface area contributed by atoms with Crippen LogP contribution in [-0.4, -0.2) is 15.0 Å². The van der Waals surface area contributed by atoms with Crippen molar-refractivity contribution in [2.45, 2.75) is 4.90 Å². The number of ether oxygens (including phenoxy) is 1. The van der Waals surface area contributed by atoms with Crippen molar-refractivity contribution in [2.24, 2.45) is 0 Å². The number of anilines is 1. The molecule has 108 valence electrons. The summed E-state index contributed by atoms with van der Waals surface area (Å²) in [7, 11) is -3.49. The lowest BCUT2D eigenvalue weighted by molar-refractivity contribution is 0.367. The van der Waals surface area contributed by atoms with E-state index < -0.39 is 15.7 Å². The minimum Gasteiger partial charge on any atom is -0.489 e. The van der Waals surface area contributed by atoms with Crippen LogP contribution in [0.15, 0.2) is 52.8 Å². The Morgan fingerprint density at radius 1 is 1.14 bits per heavy atom. The number of hydrogen-bond donors (Lipinski definition) is 1. The van der Waals surface area contributed by atoms with E-state index in [1.807, 2.05) is 0 Å². The van der Waals surface area contributed by atoms with Crippen LogP contribution < -0.4 is 10.5 Å². The van der Waals surface area contributed by atoms with Crippen LogP contribution in [-0.2, 0) is 9.84 Å². The van der Waals surface area contributed by atoms with E-state index in [0.29, 0.717) is 22.6 Å². The second kappa shape index (κ2) is 4.89. The maximum atomic E-state index is 13.1. The number of halogens is 1. The van der Waals surface area contributed by atoms with Gasteiger partial charge in [0.2, 0.25) is 9.84 Å². The average Bonchev–Trinajstić information content (AvgIpc) is 2.68. The van der Waals surface area contributed by atoms with Gasteiger partial charge in [-0.05, 0) is 24.3 Å². The summed E-state index contributed by atoms with van der Waals surface area (Å²) in [5.41, 5.74) is 7.10. The van der Waals surface area contributed by atoms with Crippen molar-refractivity contribution in [1.29, 1.82) is 0 Å². The topological polar surface area (TPSA) is 69.4 Å². The van der Waals surface area contributed by atoms with Crippen molar-refractivity contribution < 1.29 is 17.5 Å². The molecule has 21 heavy (non-hydrogen) atoms.